The van der Waals surface area contributed by atoms with E-state index >= 15 is 0 Å². The number of benzene rings is 1. The van der Waals surface area contributed by atoms with Gasteiger partial charge in [-0.15, -0.1) is 0 Å². The maximum Gasteiger partial charge on any atom is 0.412 e. The van der Waals surface area contributed by atoms with E-state index < -0.39 is 35.4 Å². The van der Waals surface area contributed by atoms with E-state index in [1.165, 1.54) is 0 Å². The molecular weight excluding hydrogens is 510 g/mol. The Hall–Kier alpha value is -2.48. The molecule has 1 aliphatic rings. The van der Waals surface area contributed by atoms with E-state index in [9.17, 15) is 14.7 Å². The highest BCUT2D eigenvalue weighted by atomic mass is 16.6. The molecule has 0 aromatic heterocycles. The summed E-state index contributed by atoms with van der Waals surface area (Å²) in [5.41, 5.74) is -0.498. The minimum Gasteiger partial charge on any atom is -0.493 e. The lowest BCUT2D eigenvalue weighted by Crippen LogP contribution is -2.51. The van der Waals surface area contributed by atoms with Gasteiger partial charge in [0, 0.05) is 0 Å². The van der Waals surface area contributed by atoms with Gasteiger partial charge in [-0.05, 0) is 95.8 Å². The van der Waals surface area contributed by atoms with Crippen molar-refractivity contribution >= 4 is 12.1 Å². The van der Waals surface area contributed by atoms with Crippen LogP contribution < -0.4 is 9.47 Å². The number of carboxylic acid groups (broad SMARTS) is 1. The quantitative estimate of drug-likeness (QED) is 0.272. The first-order chi connectivity index (χ1) is 18.5. The first kappa shape index (κ1) is 33.7. The zero-order valence-corrected chi connectivity index (χ0v) is 26.6. The third-order valence-electron chi connectivity index (χ3n) is 7.65. The molecule has 0 spiro atoms. The standard InChI is InChI=1S/C32H53NO7/c1-12-15-38-28-17-22(13-14-26(28)37-11)16-23(20(2)3)18-25-27(19-24(21(4)5)29(34)35)39-32(9,10)33(25)30(36)40-31(6,7)8/h13-14,17,20-21,23-25,27H,12,15-16,18-19H2,1-11H3,(H,34,35)/t23-,24+,25?,27?/m1/s1. The summed E-state index contributed by atoms with van der Waals surface area (Å²) in [5.74, 6) is 0.417. The molecule has 8 heteroatoms. The SMILES string of the molecule is CCCOc1cc(C[C@H](CC2C(C[C@H](C(=O)O)C(C)C)OC(C)(C)N2C(=O)OC(C)(C)C)C(C)C)ccc1OC. The summed E-state index contributed by atoms with van der Waals surface area (Å²) >= 11 is 0. The van der Waals surface area contributed by atoms with Gasteiger partial charge in [0.15, 0.2) is 11.5 Å². The minimum absolute atomic E-state index is 0.0674. The lowest BCUT2D eigenvalue weighted by atomic mass is 9.80. The Balaban J connectivity index is 2.46. The Morgan fingerprint density at radius 1 is 1.07 bits per heavy atom. The number of carbonyl (C=O) groups excluding carboxylic acids is 1. The number of hydrogen-bond acceptors (Lipinski definition) is 6. The van der Waals surface area contributed by atoms with E-state index in [-0.39, 0.29) is 17.9 Å². The van der Waals surface area contributed by atoms with Crippen LogP contribution in [-0.2, 0) is 20.7 Å². The molecule has 1 amide bonds. The molecule has 1 fully saturated rings. The van der Waals surface area contributed by atoms with Crippen molar-refractivity contribution in [3.63, 3.8) is 0 Å². The fraction of sp³-hybridized carbons (Fsp3) is 0.750. The maximum absolute atomic E-state index is 13.6. The van der Waals surface area contributed by atoms with Crippen LogP contribution in [0.25, 0.3) is 0 Å². The predicted octanol–water partition coefficient (Wildman–Crippen LogP) is 7.18. The van der Waals surface area contributed by atoms with Crippen molar-refractivity contribution in [2.24, 2.45) is 23.7 Å². The van der Waals surface area contributed by atoms with Crippen LogP contribution in [-0.4, -0.2) is 59.3 Å². The van der Waals surface area contributed by atoms with Crippen molar-refractivity contribution in [2.45, 2.75) is 118 Å². The third kappa shape index (κ3) is 9.02. The number of ether oxygens (including phenoxy) is 4. The Morgan fingerprint density at radius 3 is 2.23 bits per heavy atom. The number of rotatable bonds is 13. The summed E-state index contributed by atoms with van der Waals surface area (Å²) in [6.07, 6.45) is 1.75. The first-order valence-electron chi connectivity index (χ1n) is 14.7. The third-order valence-corrected chi connectivity index (χ3v) is 7.65. The normalized spacial score (nSPS) is 20.5. The Kier molecular flexibility index (Phi) is 11.7. The number of hydrogen-bond donors (Lipinski definition) is 1. The highest BCUT2D eigenvalue weighted by molar-refractivity contribution is 5.71. The van der Waals surface area contributed by atoms with E-state index in [1.54, 1.807) is 12.0 Å². The number of nitrogens with zero attached hydrogens (tertiary/aromatic N) is 1. The van der Waals surface area contributed by atoms with Crippen molar-refractivity contribution in [1.82, 2.24) is 4.90 Å². The summed E-state index contributed by atoms with van der Waals surface area (Å²) in [7, 11) is 1.64. The Morgan fingerprint density at radius 2 is 1.73 bits per heavy atom. The van der Waals surface area contributed by atoms with Crippen molar-refractivity contribution in [1.29, 1.82) is 0 Å². The molecule has 2 unspecified atom stereocenters. The molecule has 1 aliphatic heterocycles. The fourth-order valence-electron chi connectivity index (χ4n) is 5.49. The Bertz CT molecular complexity index is 982. The molecule has 0 saturated carbocycles. The zero-order valence-electron chi connectivity index (χ0n) is 26.6. The lowest BCUT2D eigenvalue weighted by Gasteiger charge is -2.37. The first-order valence-corrected chi connectivity index (χ1v) is 14.7. The van der Waals surface area contributed by atoms with Crippen molar-refractivity contribution in [3.05, 3.63) is 23.8 Å². The highest BCUT2D eigenvalue weighted by Gasteiger charge is 2.52. The van der Waals surface area contributed by atoms with Crippen LogP contribution in [0.3, 0.4) is 0 Å². The topological polar surface area (TPSA) is 94.5 Å². The summed E-state index contributed by atoms with van der Waals surface area (Å²) in [4.78, 5) is 27.4. The van der Waals surface area contributed by atoms with Gasteiger partial charge in [0.1, 0.15) is 11.3 Å². The van der Waals surface area contributed by atoms with E-state index in [1.807, 2.05) is 60.6 Å². The average molecular weight is 564 g/mol. The van der Waals surface area contributed by atoms with E-state index in [2.05, 4.69) is 26.8 Å². The van der Waals surface area contributed by atoms with Crippen LogP contribution in [0.15, 0.2) is 18.2 Å². The van der Waals surface area contributed by atoms with Crippen LogP contribution in [0, 0.1) is 23.7 Å². The molecule has 0 radical (unpaired) electrons. The van der Waals surface area contributed by atoms with Gasteiger partial charge in [0.2, 0.25) is 0 Å². The predicted molar refractivity (Wildman–Crippen MR) is 157 cm³/mol. The number of aliphatic carboxylic acids is 1. The van der Waals surface area contributed by atoms with Crippen LogP contribution in [0.4, 0.5) is 4.79 Å². The Labute approximate surface area is 241 Å². The van der Waals surface area contributed by atoms with Gasteiger partial charge < -0.3 is 24.1 Å². The van der Waals surface area contributed by atoms with Gasteiger partial charge in [-0.2, -0.15) is 0 Å². The molecule has 1 heterocycles. The number of amides is 1. The van der Waals surface area contributed by atoms with Crippen molar-refractivity contribution in [3.8, 4) is 11.5 Å². The molecule has 2 rings (SSSR count). The molecule has 228 valence electrons. The molecular formula is C32H53NO7. The molecule has 8 nitrogen and oxygen atoms in total. The maximum atomic E-state index is 13.6. The van der Waals surface area contributed by atoms with Crippen LogP contribution >= 0.6 is 0 Å². The molecule has 0 bridgehead atoms. The number of carboxylic acids is 1. The lowest BCUT2D eigenvalue weighted by molar-refractivity contribution is -0.146. The van der Waals surface area contributed by atoms with Gasteiger partial charge in [-0.3, -0.25) is 9.69 Å². The summed E-state index contributed by atoms with van der Waals surface area (Å²) < 4.78 is 23.8. The van der Waals surface area contributed by atoms with Crippen LogP contribution in [0.2, 0.25) is 0 Å². The fourth-order valence-corrected chi connectivity index (χ4v) is 5.49. The highest BCUT2D eigenvalue weighted by Crippen LogP contribution is 2.41. The van der Waals surface area contributed by atoms with Crippen molar-refractivity contribution < 1.29 is 33.6 Å². The zero-order chi connectivity index (χ0) is 30.4. The monoisotopic (exact) mass is 563 g/mol. The number of methoxy groups -OCH3 is 1. The van der Waals surface area contributed by atoms with Gasteiger partial charge >= 0.3 is 12.1 Å². The molecule has 1 saturated heterocycles. The van der Waals surface area contributed by atoms with Gasteiger partial charge in [-0.25, -0.2) is 4.79 Å². The second-order valence-electron chi connectivity index (χ2n) is 13.2. The van der Waals surface area contributed by atoms with E-state index in [0.717, 1.165) is 24.2 Å². The van der Waals surface area contributed by atoms with Gasteiger partial charge in [-0.1, -0.05) is 40.7 Å². The minimum atomic E-state index is -0.944. The summed E-state index contributed by atoms with van der Waals surface area (Å²) in [5, 5.41) is 9.96. The largest absolute Gasteiger partial charge is 0.493 e. The summed E-state index contributed by atoms with van der Waals surface area (Å²) in [6, 6.07) is 5.70. The number of carbonyl (C=O) groups is 2. The molecule has 0 aliphatic carbocycles. The van der Waals surface area contributed by atoms with Crippen molar-refractivity contribution in [2.75, 3.05) is 13.7 Å². The summed E-state index contributed by atoms with van der Waals surface area (Å²) in [6.45, 7) is 20.1. The molecule has 40 heavy (non-hydrogen) atoms. The molecule has 1 N–H and O–H groups in total. The van der Waals surface area contributed by atoms with Gasteiger partial charge in [0.05, 0.1) is 31.8 Å². The van der Waals surface area contributed by atoms with Crippen LogP contribution in [0.5, 0.6) is 11.5 Å². The molecule has 4 atom stereocenters. The van der Waals surface area contributed by atoms with E-state index in [4.69, 9.17) is 18.9 Å². The van der Waals surface area contributed by atoms with Crippen LogP contribution in [0.1, 0.15) is 94.1 Å². The molecule has 1 aromatic carbocycles. The average Bonchev–Trinajstić information content (AvgIpc) is 3.08. The van der Waals surface area contributed by atoms with E-state index in [0.29, 0.717) is 31.1 Å². The second-order valence-corrected chi connectivity index (χ2v) is 13.2. The van der Waals surface area contributed by atoms with Gasteiger partial charge in [0.25, 0.3) is 0 Å². The smallest absolute Gasteiger partial charge is 0.412 e. The molecule has 1 aromatic rings. The second kappa shape index (κ2) is 13.9.